The fourth-order valence-corrected chi connectivity index (χ4v) is 7.30. The summed E-state index contributed by atoms with van der Waals surface area (Å²) in [5.74, 6) is 0.0630. The minimum Gasteiger partial charge on any atom is -0.361 e. The number of hydrogen-bond acceptors (Lipinski definition) is 4. The highest BCUT2D eigenvalue weighted by atomic mass is 19.4. The van der Waals surface area contributed by atoms with Crippen LogP contribution in [0.1, 0.15) is 47.9 Å². The molecule has 12 heteroatoms. The van der Waals surface area contributed by atoms with E-state index in [4.69, 9.17) is 0 Å². The number of amides is 1. The largest absolute Gasteiger partial charge is 0.416 e. The fourth-order valence-electron chi connectivity index (χ4n) is 7.30. The van der Waals surface area contributed by atoms with Crippen LogP contribution in [0, 0.1) is 0 Å². The summed E-state index contributed by atoms with van der Waals surface area (Å²) in [6.45, 7) is 4.70. The lowest BCUT2D eigenvalue weighted by Crippen LogP contribution is -2.57. The van der Waals surface area contributed by atoms with Crippen molar-refractivity contribution in [2.24, 2.45) is 0 Å². The molecule has 6 rings (SSSR count). The number of aromatic nitrogens is 1. The number of fused-ring (bicyclic) bond motifs is 1. The maximum absolute atomic E-state index is 13.6. The maximum atomic E-state index is 13.6. The van der Waals surface area contributed by atoms with E-state index in [2.05, 4.69) is 14.8 Å². The van der Waals surface area contributed by atoms with Crippen LogP contribution >= 0.6 is 0 Å². The molecule has 1 amide bonds. The first-order chi connectivity index (χ1) is 21.4. The Morgan fingerprint density at radius 1 is 0.844 bits per heavy atom. The van der Waals surface area contributed by atoms with Crippen molar-refractivity contribution < 1.29 is 31.1 Å². The molecule has 2 aromatic carbocycles. The van der Waals surface area contributed by atoms with Crippen LogP contribution in [0.2, 0.25) is 0 Å². The van der Waals surface area contributed by atoms with E-state index in [0.717, 1.165) is 41.7 Å². The molecule has 0 unspecified atom stereocenters. The molecule has 1 saturated carbocycles. The molecular weight excluding hydrogens is 596 g/mol. The molecule has 1 N–H and O–H groups in total. The molecule has 0 radical (unpaired) electrons. The van der Waals surface area contributed by atoms with Crippen molar-refractivity contribution in [3.8, 4) is 0 Å². The third-order valence-electron chi connectivity index (χ3n) is 9.72. The number of benzene rings is 2. The summed E-state index contributed by atoms with van der Waals surface area (Å²) in [6, 6.07) is 10.00. The predicted molar refractivity (Wildman–Crippen MR) is 159 cm³/mol. The first-order valence-electron chi connectivity index (χ1n) is 15.8. The van der Waals surface area contributed by atoms with Gasteiger partial charge in [0.15, 0.2) is 0 Å². The van der Waals surface area contributed by atoms with Crippen molar-refractivity contribution in [2.75, 3.05) is 52.4 Å². The molecule has 2 saturated heterocycles. The average Bonchev–Trinajstić information content (AvgIpc) is 3.69. The van der Waals surface area contributed by atoms with Gasteiger partial charge in [0, 0.05) is 81.5 Å². The van der Waals surface area contributed by atoms with Crippen molar-refractivity contribution in [1.29, 1.82) is 0 Å². The van der Waals surface area contributed by atoms with Crippen LogP contribution in [-0.4, -0.2) is 94.9 Å². The number of para-hydroxylation sites is 1. The smallest absolute Gasteiger partial charge is 0.361 e. The molecule has 3 aliphatic rings. The monoisotopic (exact) mass is 635 g/mol. The Bertz CT molecular complexity index is 1440. The lowest BCUT2D eigenvalue weighted by atomic mass is 9.99. The van der Waals surface area contributed by atoms with Crippen molar-refractivity contribution in [3.05, 3.63) is 70.9 Å². The highest BCUT2D eigenvalue weighted by Crippen LogP contribution is 2.37. The van der Waals surface area contributed by atoms with Gasteiger partial charge < -0.3 is 9.88 Å². The number of aromatic amines is 1. The number of carbonyl (C=O) groups is 1. The number of rotatable bonds is 7. The number of piperazine rings is 2. The van der Waals surface area contributed by atoms with Gasteiger partial charge >= 0.3 is 12.4 Å². The molecule has 1 atom stereocenters. The topological polar surface area (TPSA) is 45.8 Å². The summed E-state index contributed by atoms with van der Waals surface area (Å²) in [7, 11) is 0. The van der Waals surface area contributed by atoms with Crippen LogP contribution in [0.5, 0.6) is 0 Å². The zero-order valence-corrected chi connectivity index (χ0v) is 25.1. The Morgan fingerprint density at radius 3 is 2.18 bits per heavy atom. The molecule has 3 aromatic rings. The van der Waals surface area contributed by atoms with Crippen molar-refractivity contribution in [2.45, 2.75) is 63.1 Å². The Balaban J connectivity index is 1.18. The lowest BCUT2D eigenvalue weighted by Gasteiger charge is -2.43. The highest BCUT2D eigenvalue weighted by Gasteiger charge is 2.38. The number of carbonyl (C=O) groups excluding carboxylic acids is 1. The summed E-state index contributed by atoms with van der Waals surface area (Å²) in [4.78, 5) is 25.1. The molecule has 1 aliphatic carbocycles. The normalized spacial score (nSPS) is 21.6. The zero-order chi connectivity index (χ0) is 31.8. The highest BCUT2D eigenvalue weighted by molar-refractivity contribution is 5.83. The number of halogens is 6. The molecular formula is C33H39F6N5O. The maximum Gasteiger partial charge on any atom is 0.416 e. The van der Waals surface area contributed by atoms with E-state index in [1.165, 1.54) is 25.7 Å². The number of H-pyrrole nitrogens is 1. The Hall–Kier alpha value is -3.09. The second kappa shape index (κ2) is 13.0. The number of alkyl halides is 6. The van der Waals surface area contributed by atoms with E-state index in [-0.39, 0.29) is 36.7 Å². The number of nitrogens with zero attached hydrogens (tertiary/aromatic N) is 4. The molecule has 0 spiro atoms. The van der Waals surface area contributed by atoms with Crippen LogP contribution in [0.3, 0.4) is 0 Å². The molecule has 1 aromatic heterocycles. The van der Waals surface area contributed by atoms with Gasteiger partial charge in [0.25, 0.3) is 0 Å². The van der Waals surface area contributed by atoms with E-state index < -0.39 is 23.5 Å². The van der Waals surface area contributed by atoms with Gasteiger partial charge in [-0.2, -0.15) is 26.3 Å². The van der Waals surface area contributed by atoms with E-state index in [1.54, 1.807) is 0 Å². The summed E-state index contributed by atoms with van der Waals surface area (Å²) < 4.78 is 81.5. The Kier molecular flexibility index (Phi) is 9.18. The average molecular weight is 636 g/mol. The second-order valence-electron chi connectivity index (χ2n) is 12.7. The van der Waals surface area contributed by atoms with Crippen molar-refractivity contribution in [3.63, 3.8) is 0 Å². The molecule has 6 nitrogen and oxygen atoms in total. The van der Waals surface area contributed by atoms with Gasteiger partial charge in [-0.25, -0.2) is 0 Å². The third kappa shape index (κ3) is 7.49. The van der Waals surface area contributed by atoms with Gasteiger partial charge in [-0.3, -0.25) is 19.5 Å². The number of hydrogen-bond donors (Lipinski definition) is 1. The second-order valence-corrected chi connectivity index (χ2v) is 12.7. The Labute approximate surface area is 258 Å². The van der Waals surface area contributed by atoms with E-state index in [1.807, 2.05) is 40.3 Å². The molecule has 244 valence electrons. The molecule has 3 heterocycles. The standard InChI is InChI=1S/C33H39F6N5O/c34-32(35,36)25-15-23(16-26(18-25)33(37,38)39)20-44-10-9-41(21-28(44)17-24-19-40-30-8-4-3-7-29(24)30)22-31(45)43-13-11-42(12-14-43)27-5-1-2-6-27/h3-4,7-8,15-16,18-19,27-28,40H,1-2,5-6,9-14,17,20-22H2/t28-/m1/s1. The SMILES string of the molecule is O=C(CN1CCN(Cc2cc(C(F)(F)F)cc(C(F)(F)F)c2)[C@H](Cc2c[nH]c3ccccc23)C1)N1CCN(C2CCCC2)CC1. The minimum absolute atomic E-state index is 0.0364. The first kappa shape index (κ1) is 31.9. The van der Waals surface area contributed by atoms with Crippen molar-refractivity contribution in [1.82, 2.24) is 24.6 Å². The zero-order valence-electron chi connectivity index (χ0n) is 25.1. The predicted octanol–water partition coefficient (Wildman–Crippen LogP) is 6.02. The Morgan fingerprint density at radius 2 is 1.51 bits per heavy atom. The van der Waals surface area contributed by atoms with E-state index in [0.29, 0.717) is 45.2 Å². The number of nitrogens with one attached hydrogen (secondary N) is 1. The van der Waals surface area contributed by atoms with Gasteiger partial charge in [-0.15, -0.1) is 0 Å². The van der Waals surface area contributed by atoms with Crippen LogP contribution in [0.25, 0.3) is 10.9 Å². The van der Waals surface area contributed by atoms with Crippen LogP contribution < -0.4 is 0 Å². The summed E-state index contributed by atoms with van der Waals surface area (Å²) in [5.41, 5.74) is -0.690. The quantitative estimate of drug-likeness (QED) is 0.323. The van der Waals surface area contributed by atoms with Gasteiger partial charge in [0.1, 0.15) is 0 Å². The van der Waals surface area contributed by atoms with Gasteiger partial charge in [-0.05, 0) is 54.7 Å². The lowest BCUT2D eigenvalue weighted by molar-refractivity contribution is -0.143. The minimum atomic E-state index is -4.90. The van der Waals surface area contributed by atoms with Gasteiger partial charge in [0.2, 0.25) is 5.91 Å². The molecule has 2 aliphatic heterocycles. The summed E-state index contributed by atoms with van der Waals surface area (Å²) >= 11 is 0. The fraction of sp³-hybridized carbons (Fsp3) is 0.545. The van der Waals surface area contributed by atoms with Crippen LogP contribution in [-0.2, 0) is 30.1 Å². The third-order valence-corrected chi connectivity index (χ3v) is 9.72. The van der Waals surface area contributed by atoms with Gasteiger partial charge in [0.05, 0.1) is 17.7 Å². The van der Waals surface area contributed by atoms with Crippen molar-refractivity contribution >= 4 is 16.8 Å². The van der Waals surface area contributed by atoms with E-state index >= 15 is 0 Å². The van der Waals surface area contributed by atoms with E-state index in [9.17, 15) is 31.1 Å². The van der Waals surface area contributed by atoms with Gasteiger partial charge in [-0.1, -0.05) is 31.0 Å². The van der Waals surface area contributed by atoms with Crippen LogP contribution in [0.4, 0.5) is 26.3 Å². The molecule has 0 bridgehead atoms. The van der Waals surface area contributed by atoms with Crippen LogP contribution in [0.15, 0.2) is 48.7 Å². The molecule has 3 fully saturated rings. The first-order valence-corrected chi connectivity index (χ1v) is 15.8. The summed E-state index contributed by atoms with van der Waals surface area (Å²) in [5, 5.41) is 1.02. The summed E-state index contributed by atoms with van der Waals surface area (Å²) in [6.07, 6.45) is -2.37. The molecule has 45 heavy (non-hydrogen) atoms.